The highest BCUT2D eigenvalue weighted by Crippen LogP contribution is 2.43. The van der Waals surface area contributed by atoms with E-state index < -0.39 is 15.8 Å². The summed E-state index contributed by atoms with van der Waals surface area (Å²) in [6, 6.07) is 2.74. The van der Waals surface area contributed by atoms with Gasteiger partial charge in [0.1, 0.15) is 15.6 Å². The third kappa shape index (κ3) is 4.74. The van der Waals surface area contributed by atoms with Gasteiger partial charge in [0.15, 0.2) is 23.1 Å². The van der Waals surface area contributed by atoms with E-state index in [1.165, 1.54) is 45.8 Å². The van der Waals surface area contributed by atoms with Crippen LogP contribution in [0.4, 0.5) is 5.88 Å². The number of halogens is 1. The predicted octanol–water partition coefficient (Wildman–Crippen LogP) is 4.15. The average molecular weight is 529 g/mol. The molecule has 1 N–H and O–H groups in total. The fraction of sp³-hybridized carbons (Fsp3) is 0.286. The van der Waals surface area contributed by atoms with Gasteiger partial charge in [0.25, 0.3) is 15.9 Å². The number of carbonyl (C=O) groups excluding carboxylic acids is 2. The first-order chi connectivity index (χ1) is 16.0. The fourth-order valence-electron chi connectivity index (χ4n) is 3.26. The molecule has 0 saturated carbocycles. The van der Waals surface area contributed by atoms with Gasteiger partial charge in [-0.3, -0.25) is 9.59 Å². The molecule has 0 unspecified atom stereocenters. The lowest BCUT2D eigenvalue weighted by Crippen LogP contribution is -2.17. The molecule has 0 amide bonds. The van der Waals surface area contributed by atoms with Gasteiger partial charge in [0, 0.05) is 17.5 Å². The van der Waals surface area contributed by atoms with Crippen molar-refractivity contribution in [2.24, 2.45) is 0 Å². The van der Waals surface area contributed by atoms with Gasteiger partial charge >= 0.3 is 0 Å². The van der Waals surface area contributed by atoms with Gasteiger partial charge in [-0.25, -0.2) is 13.1 Å². The molecule has 1 aromatic carbocycles. The van der Waals surface area contributed by atoms with E-state index in [0.29, 0.717) is 5.69 Å². The predicted molar refractivity (Wildman–Crippen MR) is 126 cm³/mol. The molecule has 3 aromatic rings. The summed E-state index contributed by atoms with van der Waals surface area (Å²) in [5.41, 5.74) is 0.736. The zero-order valence-corrected chi connectivity index (χ0v) is 21.2. The Hall–Kier alpha value is -3.09. The highest BCUT2D eigenvalue weighted by Gasteiger charge is 2.30. The maximum atomic E-state index is 13.3. The Morgan fingerprint density at radius 1 is 1.18 bits per heavy atom. The summed E-state index contributed by atoms with van der Waals surface area (Å²) in [5.74, 6) is -0.550. The Labute approximate surface area is 204 Å². The molecule has 0 fully saturated rings. The number of hydrogen-bond donors (Lipinski definition) is 1. The van der Waals surface area contributed by atoms with Gasteiger partial charge in [0.05, 0.1) is 26.2 Å². The Morgan fingerprint density at radius 3 is 2.38 bits per heavy atom. The highest BCUT2D eigenvalue weighted by molar-refractivity contribution is 7.93. The lowest BCUT2D eigenvalue weighted by Gasteiger charge is -2.18. The van der Waals surface area contributed by atoms with Gasteiger partial charge in [0.2, 0.25) is 5.75 Å². The summed E-state index contributed by atoms with van der Waals surface area (Å²) in [4.78, 5) is 25.3. The lowest BCUT2D eigenvalue weighted by molar-refractivity contribution is 0.0992. The molecule has 34 heavy (non-hydrogen) atoms. The van der Waals surface area contributed by atoms with E-state index >= 15 is 0 Å². The Kier molecular flexibility index (Phi) is 7.54. The maximum absolute atomic E-state index is 13.3. The first-order valence-electron chi connectivity index (χ1n) is 9.63. The summed E-state index contributed by atoms with van der Waals surface area (Å²) in [6.07, 6.45) is -0.330. The number of hydrogen-bond acceptors (Lipinski definition) is 10. The molecule has 0 radical (unpaired) electrons. The van der Waals surface area contributed by atoms with Crippen LogP contribution in [0.15, 0.2) is 26.9 Å². The number of aromatic nitrogens is 1. The number of benzene rings is 1. The Balaban J connectivity index is 2.03. The van der Waals surface area contributed by atoms with E-state index in [1.807, 2.05) is 0 Å². The molecule has 0 aliphatic rings. The van der Waals surface area contributed by atoms with Gasteiger partial charge in [-0.05, 0) is 31.4 Å². The van der Waals surface area contributed by atoms with E-state index in [9.17, 15) is 18.0 Å². The number of nitrogens with one attached hydrogen (secondary N) is 1. The van der Waals surface area contributed by atoms with Crippen molar-refractivity contribution in [3.63, 3.8) is 0 Å². The SMILES string of the molecule is COc1cc(C(C)=O)c(CC(=O)c2sccc2S(=O)(=O)Nc2onc(C)c2Cl)c(OC)c1OC. The van der Waals surface area contributed by atoms with Crippen molar-refractivity contribution in [2.75, 3.05) is 26.1 Å². The monoisotopic (exact) mass is 528 g/mol. The van der Waals surface area contributed by atoms with Crippen molar-refractivity contribution < 1.29 is 36.7 Å². The number of aryl methyl sites for hydroxylation is 1. The van der Waals surface area contributed by atoms with Crippen molar-refractivity contribution >= 4 is 50.4 Å². The number of sulfonamides is 1. The van der Waals surface area contributed by atoms with E-state index in [4.69, 9.17) is 30.3 Å². The molecule has 3 rings (SSSR count). The minimum atomic E-state index is -4.23. The standard InChI is InChI=1S/C21H21ClN2O8S2/c1-10-17(22)21(32-23-10)24-34(27,28)16-6-7-33-20(16)14(26)8-13-12(11(2)25)9-15(29-3)19(31-5)18(13)30-4/h6-7,9,24H,8H2,1-5H3. The quantitative estimate of drug-likeness (QED) is 0.385. The van der Waals surface area contributed by atoms with Crippen LogP contribution in [0.25, 0.3) is 0 Å². The largest absolute Gasteiger partial charge is 0.493 e. The second-order valence-electron chi connectivity index (χ2n) is 6.96. The smallest absolute Gasteiger partial charge is 0.265 e. The Morgan fingerprint density at radius 2 is 1.85 bits per heavy atom. The summed E-state index contributed by atoms with van der Waals surface area (Å²) in [6.45, 7) is 2.88. The van der Waals surface area contributed by atoms with Crippen LogP contribution >= 0.6 is 22.9 Å². The summed E-state index contributed by atoms with van der Waals surface area (Å²) >= 11 is 6.94. The molecule has 13 heteroatoms. The molecule has 0 bridgehead atoms. The Bertz CT molecular complexity index is 1360. The third-order valence-corrected chi connectivity index (χ3v) is 7.74. The second kappa shape index (κ2) is 10.0. The zero-order valence-electron chi connectivity index (χ0n) is 18.8. The third-order valence-electron chi connectivity index (χ3n) is 4.84. The molecular formula is C21H21ClN2O8S2. The van der Waals surface area contributed by atoms with Crippen molar-refractivity contribution in [1.29, 1.82) is 0 Å². The number of anilines is 1. The van der Waals surface area contributed by atoms with Crippen molar-refractivity contribution in [2.45, 2.75) is 25.2 Å². The summed E-state index contributed by atoms with van der Waals surface area (Å²) < 4.78 is 49.1. The van der Waals surface area contributed by atoms with Gasteiger partial charge < -0.3 is 18.7 Å². The first kappa shape index (κ1) is 25.5. The van der Waals surface area contributed by atoms with Gasteiger partial charge in [-0.15, -0.1) is 11.3 Å². The number of Topliss-reactive ketones (excluding diaryl/α,β-unsaturated/α-hetero) is 2. The topological polar surface area (TPSA) is 134 Å². The average Bonchev–Trinajstić information content (AvgIpc) is 3.41. The van der Waals surface area contributed by atoms with Gasteiger partial charge in [-0.1, -0.05) is 16.8 Å². The number of carbonyl (C=O) groups is 2. The number of ether oxygens (including phenoxy) is 3. The van der Waals surface area contributed by atoms with Crippen LogP contribution in [0.5, 0.6) is 17.2 Å². The molecule has 2 aromatic heterocycles. The maximum Gasteiger partial charge on any atom is 0.265 e. The van der Waals surface area contributed by atoms with Crippen molar-refractivity contribution in [1.82, 2.24) is 5.16 Å². The molecular weight excluding hydrogens is 508 g/mol. The van der Waals surface area contributed by atoms with Crippen LogP contribution in [0.1, 0.15) is 38.2 Å². The summed E-state index contributed by atoms with van der Waals surface area (Å²) in [7, 11) is -0.0688. The van der Waals surface area contributed by atoms with Crippen LogP contribution in [0.3, 0.4) is 0 Å². The van der Waals surface area contributed by atoms with Crippen LogP contribution in [-0.4, -0.2) is 46.5 Å². The minimum absolute atomic E-state index is 0.00726. The van der Waals surface area contributed by atoms with E-state index in [2.05, 4.69) is 9.88 Å². The van der Waals surface area contributed by atoms with Crippen LogP contribution in [0.2, 0.25) is 5.02 Å². The highest BCUT2D eigenvalue weighted by atomic mass is 35.5. The van der Waals surface area contributed by atoms with Crippen molar-refractivity contribution in [3.05, 3.63) is 44.2 Å². The number of thiophene rings is 1. The zero-order chi connectivity index (χ0) is 25.2. The molecule has 182 valence electrons. The normalized spacial score (nSPS) is 11.2. The summed E-state index contributed by atoms with van der Waals surface area (Å²) in [5, 5.41) is 5.08. The van der Waals surface area contributed by atoms with E-state index in [1.54, 1.807) is 6.92 Å². The lowest BCUT2D eigenvalue weighted by atomic mass is 9.96. The number of ketones is 2. The van der Waals surface area contributed by atoms with E-state index in [-0.39, 0.29) is 61.3 Å². The number of methoxy groups -OCH3 is 3. The van der Waals surface area contributed by atoms with Crippen molar-refractivity contribution in [3.8, 4) is 17.2 Å². The van der Waals surface area contributed by atoms with Crippen LogP contribution < -0.4 is 18.9 Å². The fourth-order valence-corrected chi connectivity index (χ4v) is 5.82. The van der Waals surface area contributed by atoms with Gasteiger partial charge in [-0.2, -0.15) is 0 Å². The molecule has 0 saturated heterocycles. The molecule has 0 spiro atoms. The molecule has 10 nitrogen and oxygen atoms in total. The van der Waals surface area contributed by atoms with E-state index in [0.717, 1.165) is 11.3 Å². The van der Waals surface area contributed by atoms with Crippen LogP contribution in [0, 0.1) is 6.92 Å². The minimum Gasteiger partial charge on any atom is -0.493 e. The number of nitrogens with zero attached hydrogens (tertiary/aromatic N) is 1. The molecule has 0 atom stereocenters. The molecule has 0 aliphatic heterocycles. The molecule has 2 heterocycles. The second-order valence-corrected chi connectivity index (χ2v) is 9.90. The van der Waals surface area contributed by atoms with Crippen LogP contribution in [-0.2, 0) is 16.4 Å². The first-order valence-corrected chi connectivity index (χ1v) is 12.4. The molecule has 0 aliphatic carbocycles. The number of rotatable bonds is 10.